The number of carbonyl (C=O) groups is 2. The van der Waals surface area contributed by atoms with Crippen LogP contribution in [-0.4, -0.2) is 22.6 Å². The number of nitrogens with one attached hydrogen (secondary N) is 2. The summed E-state index contributed by atoms with van der Waals surface area (Å²) >= 11 is 3.18. The number of hydrogen-bond acceptors (Lipinski definition) is 2. The first-order valence-corrected chi connectivity index (χ1v) is 6.13. The van der Waals surface area contributed by atoms with Gasteiger partial charge in [-0.2, -0.15) is 0 Å². The van der Waals surface area contributed by atoms with Crippen molar-refractivity contribution in [3.8, 4) is 12.3 Å². The number of carboxylic acid groups (broad SMARTS) is 1. The van der Waals surface area contributed by atoms with E-state index in [-0.39, 0.29) is 5.56 Å². The molecule has 0 atom stereocenters. The maximum absolute atomic E-state index is 11.7. The molecule has 2 amide bonds. The van der Waals surface area contributed by atoms with Gasteiger partial charge in [0, 0.05) is 10.2 Å². The molecule has 0 radical (unpaired) electrons. The predicted octanol–water partition coefficient (Wildman–Crippen LogP) is 2.68. The number of terminal acetylenes is 1. The minimum Gasteiger partial charge on any atom is -0.478 e. The van der Waals surface area contributed by atoms with Gasteiger partial charge in [0.2, 0.25) is 0 Å². The molecule has 100 valence electrons. The van der Waals surface area contributed by atoms with Gasteiger partial charge in [0.15, 0.2) is 0 Å². The van der Waals surface area contributed by atoms with E-state index < -0.39 is 17.5 Å². The van der Waals surface area contributed by atoms with E-state index in [0.29, 0.717) is 10.2 Å². The van der Waals surface area contributed by atoms with Gasteiger partial charge in [0.25, 0.3) is 0 Å². The molecule has 0 aliphatic rings. The molecule has 6 heteroatoms. The first-order valence-electron chi connectivity index (χ1n) is 5.34. The van der Waals surface area contributed by atoms with Crippen molar-refractivity contribution in [2.45, 2.75) is 19.4 Å². The molecule has 0 aliphatic carbocycles. The molecule has 5 nitrogen and oxygen atoms in total. The SMILES string of the molecule is C#CC(C)(C)NC(=O)Nc1cc(Br)cc(C(=O)O)c1. The third kappa shape index (κ3) is 4.64. The molecule has 0 heterocycles. The zero-order valence-corrected chi connectivity index (χ0v) is 12.0. The summed E-state index contributed by atoms with van der Waals surface area (Å²) in [5.41, 5.74) is -0.357. The molecule has 19 heavy (non-hydrogen) atoms. The maximum atomic E-state index is 11.7. The van der Waals surface area contributed by atoms with Gasteiger partial charge in [-0.05, 0) is 32.0 Å². The summed E-state index contributed by atoms with van der Waals surface area (Å²) in [5, 5.41) is 14.0. The summed E-state index contributed by atoms with van der Waals surface area (Å²) in [4.78, 5) is 22.6. The Hall–Kier alpha value is -2.00. The monoisotopic (exact) mass is 324 g/mol. The van der Waals surface area contributed by atoms with Crippen LogP contribution in [0.3, 0.4) is 0 Å². The minimum atomic E-state index is -1.08. The number of carbonyl (C=O) groups excluding carboxylic acids is 1. The Morgan fingerprint density at radius 1 is 1.37 bits per heavy atom. The second-order valence-corrected chi connectivity index (χ2v) is 5.30. The lowest BCUT2D eigenvalue weighted by Crippen LogP contribution is -2.44. The summed E-state index contributed by atoms with van der Waals surface area (Å²) in [6.07, 6.45) is 5.26. The Balaban J connectivity index is 2.86. The smallest absolute Gasteiger partial charge is 0.335 e. The number of halogens is 1. The molecule has 0 unspecified atom stereocenters. The van der Waals surface area contributed by atoms with E-state index in [1.807, 2.05) is 0 Å². The summed E-state index contributed by atoms with van der Waals surface area (Å²) in [5.74, 6) is 1.35. The van der Waals surface area contributed by atoms with Gasteiger partial charge in [0.05, 0.1) is 11.1 Å². The molecule has 1 rings (SSSR count). The summed E-state index contributed by atoms with van der Waals surface area (Å²) in [6, 6.07) is 3.89. The highest BCUT2D eigenvalue weighted by molar-refractivity contribution is 9.10. The normalized spacial score (nSPS) is 10.4. The fourth-order valence-electron chi connectivity index (χ4n) is 1.27. The average Bonchev–Trinajstić information content (AvgIpc) is 2.27. The van der Waals surface area contributed by atoms with E-state index in [1.54, 1.807) is 19.9 Å². The standard InChI is InChI=1S/C13H13BrN2O3/c1-4-13(2,3)16-12(19)15-10-6-8(11(17)18)5-9(14)7-10/h1,5-7H,2-3H3,(H,17,18)(H2,15,16,19). The fourth-order valence-corrected chi connectivity index (χ4v) is 1.76. The van der Waals surface area contributed by atoms with Crippen LogP contribution in [-0.2, 0) is 0 Å². The fraction of sp³-hybridized carbons (Fsp3) is 0.231. The molecule has 0 aromatic heterocycles. The highest BCUT2D eigenvalue weighted by Gasteiger charge is 2.17. The van der Waals surface area contributed by atoms with Crippen LogP contribution in [0.25, 0.3) is 0 Å². The summed E-state index contributed by atoms with van der Waals surface area (Å²) in [7, 11) is 0. The van der Waals surface area contributed by atoms with Gasteiger partial charge in [-0.1, -0.05) is 21.9 Å². The molecule has 1 aromatic rings. The zero-order chi connectivity index (χ0) is 14.6. The van der Waals surface area contributed by atoms with Crippen LogP contribution < -0.4 is 10.6 Å². The van der Waals surface area contributed by atoms with E-state index in [1.165, 1.54) is 12.1 Å². The number of urea groups is 1. The van der Waals surface area contributed by atoms with Crippen LogP contribution in [0, 0.1) is 12.3 Å². The maximum Gasteiger partial charge on any atom is 0.335 e. The third-order valence-electron chi connectivity index (χ3n) is 2.19. The van der Waals surface area contributed by atoms with E-state index in [4.69, 9.17) is 11.5 Å². The number of anilines is 1. The first kappa shape index (κ1) is 15.1. The van der Waals surface area contributed by atoms with Gasteiger partial charge in [0.1, 0.15) is 0 Å². The Morgan fingerprint density at radius 2 is 2.00 bits per heavy atom. The van der Waals surface area contributed by atoms with Crippen molar-refractivity contribution in [1.29, 1.82) is 0 Å². The zero-order valence-electron chi connectivity index (χ0n) is 10.5. The van der Waals surface area contributed by atoms with Crippen molar-refractivity contribution < 1.29 is 14.7 Å². The molecular formula is C13H13BrN2O3. The molecule has 1 aromatic carbocycles. The van der Waals surface area contributed by atoms with E-state index in [9.17, 15) is 9.59 Å². The van der Waals surface area contributed by atoms with Crippen LogP contribution in [0.4, 0.5) is 10.5 Å². The van der Waals surface area contributed by atoms with Gasteiger partial charge in [-0.25, -0.2) is 9.59 Å². The first-order chi connectivity index (χ1) is 8.73. The summed E-state index contributed by atoms with van der Waals surface area (Å²) < 4.78 is 0.555. The topological polar surface area (TPSA) is 78.4 Å². The largest absolute Gasteiger partial charge is 0.478 e. The Bertz CT molecular complexity index is 561. The lowest BCUT2D eigenvalue weighted by molar-refractivity contribution is 0.0697. The second kappa shape index (κ2) is 5.76. The molecular weight excluding hydrogens is 312 g/mol. The van der Waals surface area contributed by atoms with E-state index in [0.717, 1.165) is 0 Å². The lowest BCUT2D eigenvalue weighted by Gasteiger charge is -2.20. The molecule has 0 spiro atoms. The third-order valence-corrected chi connectivity index (χ3v) is 2.65. The van der Waals surface area contributed by atoms with Crippen LogP contribution in [0.1, 0.15) is 24.2 Å². The van der Waals surface area contributed by atoms with Crippen LogP contribution >= 0.6 is 15.9 Å². The highest BCUT2D eigenvalue weighted by Crippen LogP contribution is 2.19. The predicted molar refractivity (Wildman–Crippen MR) is 76.2 cm³/mol. The van der Waals surface area contributed by atoms with Crippen LogP contribution in [0.2, 0.25) is 0 Å². The number of benzene rings is 1. The molecule has 0 fully saturated rings. The quantitative estimate of drug-likeness (QED) is 0.748. The lowest BCUT2D eigenvalue weighted by atomic mass is 10.1. The number of hydrogen-bond donors (Lipinski definition) is 3. The number of amides is 2. The average molecular weight is 325 g/mol. The second-order valence-electron chi connectivity index (χ2n) is 4.38. The van der Waals surface area contributed by atoms with Gasteiger partial charge in [-0.3, -0.25) is 0 Å². The molecule has 0 aliphatic heterocycles. The van der Waals surface area contributed by atoms with Gasteiger partial charge < -0.3 is 15.7 Å². The summed E-state index contributed by atoms with van der Waals surface area (Å²) in [6.45, 7) is 3.35. The van der Waals surface area contributed by atoms with E-state index >= 15 is 0 Å². The van der Waals surface area contributed by atoms with Crippen molar-refractivity contribution in [3.05, 3.63) is 28.2 Å². The Morgan fingerprint density at radius 3 is 2.53 bits per heavy atom. The van der Waals surface area contributed by atoms with Crippen LogP contribution in [0.5, 0.6) is 0 Å². The Kier molecular flexibility index (Phi) is 4.57. The minimum absolute atomic E-state index is 0.0703. The molecule has 0 saturated carbocycles. The number of aromatic carboxylic acids is 1. The van der Waals surface area contributed by atoms with Crippen molar-refractivity contribution in [2.75, 3.05) is 5.32 Å². The molecule has 0 bridgehead atoms. The number of carboxylic acids is 1. The Labute approximate surface area is 119 Å². The van der Waals surface area contributed by atoms with Crippen molar-refractivity contribution in [3.63, 3.8) is 0 Å². The van der Waals surface area contributed by atoms with E-state index in [2.05, 4.69) is 32.5 Å². The molecule has 3 N–H and O–H groups in total. The van der Waals surface area contributed by atoms with Gasteiger partial charge >= 0.3 is 12.0 Å². The van der Waals surface area contributed by atoms with Crippen LogP contribution in [0.15, 0.2) is 22.7 Å². The van der Waals surface area contributed by atoms with Gasteiger partial charge in [-0.15, -0.1) is 6.42 Å². The highest BCUT2D eigenvalue weighted by atomic mass is 79.9. The number of rotatable bonds is 3. The van der Waals surface area contributed by atoms with Crippen molar-refractivity contribution in [1.82, 2.24) is 5.32 Å². The molecule has 0 saturated heterocycles. The van der Waals surface area contributed by atoms with Crippen molar-refractivity contribution >= 4 is 33.6 Å². The van der Waals surface area contributed by atoms with Crippen molar-refractivity contribution in [2.24, 2.45) is 0 Å².